The first-order chi connectivity index (χ1) is 24.9. The molecule has 1 heterocycles. The molecule has 54 heavy (non-hydrogen) atoms. The fourth-order valence-corrected chi connectivity index (χ4v) is 7.19. The highest BCUT2D eigenvalue weighted by atomic mass is 35.5. The first kappa shape index (κ1) is 39.9. The Morgan fingerprint density at radius 3 is 1.83 bits per heavy atom. The predicted molar refractivity (Wildman–Crippen MR) is 186 cm³/mol. The van der Waals surface area contributed by atoms with E-state index in [2.05, 4.69) is 35.7 Å². The highest BCUT2D eigenvalue weighted by Crippen LogP contribution is 2.48. The largest absolute Gasteiger partial charge is 0.505 e. The predicted octanol–water partition coefficient (Wildman–Crippen LogP) is 5.58. The van der Waals surface area contributed by atoms with Crippen LogP contribution in [0.2, 0.25) is 5.02 Å². The quantitative estimate of drug-likeness (QED) is 0.0390. The van der Waals surface area contributed by atoms with E-state index in [4.69, 9.17) is 17.3 Å². The maximum atomic E-state index is 13.7. The van der Waals surface area contributed by atoms with Crippen molar-refractivity contribution in [1.29, 1.82) is 0 Å². The molecular formula is C27H20ClFN8O13S4. The van der Waals surface area contributed by atoms with Gasteiger partial charge in [-0.25, -0.2) is 4.98 Å². The van der Waals surface area contributed by atoms with Gasteiger partial charge in [0.2, 0.25) is 0 Å². The Hall–Kier alpha value is -5.32. The molecule has 1 aromatic heterocycles. The molecular weight excluding hydrogens is 827 g/mol. The van der Waals surface area contributed by atoms with Gasteiger partial charge < -0.3 is 16.2 Å². The molecule has 21 nitrogen and oxygen atoms in total. The van der Waals surface area contributed by atoms with Crippen LogP contribution in [0.15, 0.2) is 94.6 Å². The number of nitrogens with zero attached hydrogens (tertiary/aromatic N) is 6. The summed E-state index contributed by atoms with van der Waals surface area (Å²) in [5.74, 6) is -1.32. The lowest BCUT2D eigenvalue weighted by molar-refractivity contribution is 0.472. The zero-order valence-electron chi connectivity index (χ0n) is 26.3. The van der Waals surface area contributed by atoms with Gasteiger partial charge in [-0.2, -0.15) is 48.2 Å². The fourth-order valence-electron chi connectivity index (χ4n) is 4.63. The Morgan fingerprint density at radius 2 is 1.28 bits per heavy atom. The highest BCUT2D eigenvalue weighted by molar-refractivity contribution is 7.86. The van der Waals surface area contributed by atoms with Crippen molar-refractivity contribution >= 4 is 103 Å². The zero-order valence-corrected chi connectivity index (χ0v) is 30.4. The number of anilines is 3. The van der Waals surface area contributed by atoms with Crippen LogP contribution in [0.5, 0.6) is 5.75 Å². The van der Waals surface area contributed by atoms with Gasteiger partial charge in [0, 0.05) is 5.69 Å². The van der Waals surface area contributed by atoms with E-state index in [-0.39, 0.29) is 22.2 Å². The van der Waals surface area contributed by atoms with Gasteiger partial charge >= 0.3 is 6.08 Å². The van der Waals surface area contributed by atoms with Gasteiger partial charge in [-0.1, -0.05) is 11.6 Å². The van der Waals surface area contributed by atoms with E-state index in [0.29, 0.717) is 36.0 Å². The van der Waals surface area contributed by atoms with E-state index < -0.39 is 105 Å². The van der Waals surface area contributed by atoms with Crippen molar-refractivity contribution in [3.8, 4) is 5.75 Å². The van der Waals surface area contributed by atoms with Gasteiger partial charge in [-0.3, -0.25) is 18.2 Å². The second-order valence-electron chi connectivity index (χ2n) is 10.6. The second-order valence-corrected chi connectivity index (χ2v) is 16.6. The van der Waals surface area contributed by atoms with Crippen molar-refractivity contribution in [2.75, 3.05) is 11.1 Å². The van der Waals surface area contributed by atoms with E-state index in [1.54, 1.807) is 0 Å². The first-order valence-corrected chi connectivity index (χ1v) is 20.1. The van der Waals surface area contributed by atoms with Crippen LogP contribution in [0, 0.1) is 13.0 Å². The molecule has 0 saturated carbocycles. The van der Waals surface area contributed by atoms with Crippen molar-refractivity contribution in [2.45, 2.75) is 26.5 Å². The second kappa shape index (κ2) is 14.2. The van der Waals surface area contributed by atoms with Gasteiger partial charge in [0.05, 0.1) is 27.4 Å². The summed E-state index contributed by atoms with van der Waals surface area (Å²) in [5.41, 5.74) is 2.90. The molecule has 0 aliphatic heterocycles. The normalized spacial score (nSPS) is 12.9. The molecule has 284 valence electrons. The van der Waals surface area contributed by atoms with Crippen LogP contribution in [-0.2, 0) is 40.5 Å². The Bertz CT molecular complexity index is 2910. The molecule has 27 heteroatoms. The molecule has 0 atom stereocenters. The van der Waals surface area contributed by atoms with Crippen molar-refractivity contribution in [1.82, 2.24) is 9.97 Å². The number of nitrogens with one attached hydrogen (secondary N) is 1. The number of aryl methyl sites for hydroxylation is 1. The number of aromatic nitrogens is 2. The molecule has 0 unspecified atom stereocenters. The van der Waals surface area contributed by atoms with E-state index in [1.165, 1.54) is 31.2 Å². The Kier molecular flexibility index (Phi) is 10.5. The summed E-state index contributed by atoms with van der Waals surface area (Å²) in [5, 5.41) is 27.4. The summed E-state index contributed by atoms with van der Waals surface area (Å²) in [6, 6.07) is 8.11. The maximum absolute atomic E-state index is 13.7. The molecule has 0 spiro atoms. The number of hydrogen-bond donors (Lipinski definition) is 7. The number of aromatic hydroxyl groups is 1. The molecule has 0 aliphatic rings. The maximum Gasteiger partial charge on any atom is 0.310 e. The summed E-state index contributed by atoms with van der Waals surface area (Å²) >= 11 is 6.11. The fraction of sp³-hybridized carbons (Fsp3) is 0.0370. The van der Waals surface area contributed by atoms with Crippen LogP contribution in [0.3, 0.4) is 0 Å². The van der Waals surface area contributed by atoms with E-state index in [1.807, 2.05) is 0 Å². The van der Waals surface area contributed by atoms with Gasteiger partial charge in [-0.05, 0) is 66.9 Å². The molecule has 5 aromatic rings. The SMILES string of the molecule is Cc1nc(F)nc(Nc2ccc(N=Nc3c(S(=O)(=O)O)cc4cc(S(=O)(=O)O)c(N=Nc5cc(S(=O)(=O)O)ccc5S(=O)(=O)O)c(O)c4c3N)cc2)c1Cl. The Morgan fingerprint density at radius 1 is 0.722 bits per heavy atom. The Labute approximate surface area is 308 Å². The number of azo groups is 2. The van der Waals surface area contributed by atoms with Crippen molar-refractivity contribution < 1.29 is 61.4 Å². The number of fused-ring (bicyclic) bond motifs is 1. The summed E-state index contributed by atoms with van der Waals surface area (Å²) in [7, 11) is -20.8. The monoisotopic (exact) mass is 846 g/mol. The summed E-state index contributed by atoms with van der Waals surface area (Å²) in [6.07, 6.45) is -1.04. The molecule has 0 amide bonds. The highest BCUT2D eigenvalue weighted by Gasteiger charge is 2.28. The number of halogens is 2. The lowest BCUT2D eigenvalue weighted by Gasteiger charge is -2.14. The van der Waals surface area contributed by atoms with Crippen LogP contribution in [-0.4, -0.2) is 67.0 Å². The van der Waals surface area contributed by atoms with E-state index >= 15 is 0 Å². The molecule has 0 radical (unpaired) electrons. The summed E-state index contributed by atoms with van der Waals surface area (Å²) < 4.78 is 149. The van der Waals surface area contributed by atoms with Crippen molar-refractivity contribution in [3.05, 3.63) is 71.4 Å². The number of benzene rings is 4. The van der Waals surface area contributed by atoms with Gasteiger partial charge in [0.15, 0.2) is 11.6 Å². The number of nitrogens with two attached hydrogens (primary N) is 1. The smallest absolute Gasteiger partial charge is 0.310 e. The molecule has 0 aliphatic carbocycles. The van der Waals surface area contributed by atoms with Crippen LogP contribution < -0.4 is 11.1 Å². The van der Waals surface area contributed by atoms with Crippen LogP contribution in [0.1, 0.15) is 5.69 Å². The van der Waals surface area contributed by atoms with Crippen molar-refractivity contribution in [3.63, 3.8) is 0 Å². The zero-order chi connectivity index (χ0) is 40.1. The lowest BCUT2D eigenvalue weighted by atomic mass is 10.1. The molecule has 8 N–H and O–H groups in total. The van der Waals surface area contributed by atoms with Crippen LogP contribution in [0.25, 0.3) is 10.8 Å². The average molecular weight is 847 g/mol. The van der Waals surface area contributed by atoms with Crippen LogP contribution >= 0.6 is 11.6 Å². The third-order valence-corrected chi connectivity index (χ3v) is 11.0. The van der Waals surface area contributed by atoms with Gasteiger partial charge in [0.25, 0.3) is 40.5 Å². The van der Waals surface area contributed by atoms with Crippen LogP contribution in [0.4, 0.5) is 44.3 Å². The number of phenols is 1. The molecule has 5 rings (SSSR count). The topological polar surface area (TPSA) is 351 Å². The van der Waals surface area contributed by atoms with Gasteiger partial charge in [-0.15, -0.1) is 15.3 Å². The minimum absolute atomic E-state index is 0.0275. The number of hydrogen-bond acceptors (Lipinski definition) is 17. The summed E-state index contributed by atoms with van der Waals surface area (Å²) in [4.78, 5) is 2.67. The number of nitrogen functional groups attached to an aromatic ring is 1. The third kappa shape index (κ3) is 8.40. The Balaban J connectivity index is 1.66. The molecule has 4 aromatic carbocycles. The van der Waals surface area contributed by atoms with E-state index in [0.717, 1.165) is 0 Å². The summed E-state index contributed by atoms with van der Waals surface area (Å²) in [6.45, 7) is 1.45. The lowest BCUT2D eigenvalue weighted by Crippen LogP contribution is -2.04. The average Bonchev–Trinajstić information content (AvgIpc) is 3.04. The number of phenolic OH excluding ortho intramolecular Hbond substituents is 1. The molecule has 0 saturated heterocycles. The third-order valence-electron chi connectivity index (χ3n) is 7.02. The van der Waals surface area contributed by atoms with E-state index in [9.17, 15) is 61.4 Å². The van der Waals surface area contributed by atoms with Crippen molar-refractivity contribution in [2.24, 2.45) is 20.5 Å². The number of rotatable bonds is 10. The molecule has 0 bridgehead atoms. The standard InChI is InChI=1S/C27H20ClFN8O13S4/c1-11-21(28)26(33-27(29)31-11)32-13-2-4-14(5-3-13)34-36-23-18(53(45,46)47)8-12-9-19(54(48,49)50)24(25(38)20(12)22(23)30)37-35-16-10-15(51(39,40)41)6-7-17(16)52(42,43)44/h2-10,38H,30H2,1H3,(H,31,32,33)(H,39,40,41)(H,42,43,44)(H,45,46,47)(H,48,49,50). The minimum atomic E-state index is -5.42. The van der Waals surface area contributed by atoms with Gasteiger partial charge in [0.1, 0.15) is 36.8 Å². The first-order valence-electron chi connectivity index (χ1n) is 13.9. The minimum Gasteiger partial charge on any atom is -0.505 e. The molecule has 0 fully saturated rings.